The highest BCUT2D eigenvalue weighted by Gasteiger charge is 2.10. The molecule has 0 bridgehead atoms. The molecular formula is C9H18N6O3S. The lowest BCUT2D eigenvalue weighted by Gasteiger charge is -2.15. The number of aromatic nitrogens is 3. The van der Waals surface area contributed by atoms with Gasteiger partial charge in [-0.15, -0.1) is 5.10 Å². The van der Waals surface area contributed by atoms with E-state index in [2.05, 4.69) is 10.3 Å². The van der Waals surface area contributed by atoms with Crippen LogP contribution in [0.5, 0.6) is 0 Å². The highest BCUT2D eigenvalue weighted by molar-refractivity contribution is 7.90. The molecule has 0 radical (unpaired) electrons. The first-order chi connectivity index (χ1) is 8.81. The molecule has 1 rings (SSSR count). The maximum Gasteiger partial charge on any atom is 0.287 e. The van der Waals surface area contributed by atoms with E-state index in [1.54, 1.807) is 0 Å². The van der Waals surface area contributed by atoms with Gasteiger partial charge in [-0.2, -0.15) is 0 Å². The number of carbonyl (C=O) groups excluding carboxylic acids is 1. The zero-order chi connectivity index (χ0) is 14.5. The molecule has 3 N–H and O–H groups in total. The standard InChI is InChI=1S/C9H18N6O3S/c1-14(5-6-19(2,17)18)3-4-15-7-8(12-13-15)9(16)11-10/h7H,3-6,10H2,1-2H3,(H,11,16). The molecule has 0 saturated carbocycles. The second kappa shape index (κ2) is 6.59. The first kappa shape index (κ1) is 15.5. The second-order valence-electron chi connectivity index (χ2n) is 4.27. The van der Waals surface area contributed by atoms with Crippen LogP contribution in [0, 0.1) is 0 Å². The Morgan fingerprint density at radius 3 is 2.79 bits per heavy atom. The minimum atomic E-state index is -2.96. The number of nitrogens with two attached hydrogens (primary N) is 1. The monoisotopic (exact) mass is 290 g/mol. The normalized spacial score (nSPS) is 11.8. The zero-order valence-corrected chi connectivity index (χ0v) is 11.7. The summed E-state index contributed by atoms with van der Waals surface area (Å²) in [5, 5.41) is 7.43. The van der Waals surface area contributed by atoms with Crippen molar-refractivity contribution in [3.05, 3.63) is 11.9 Å². The number of amides is 1. The molecule has 10 heteroatoms. The Balaban J connectivity index is 2.40. The van der Waals surface area contributed by atoms with E-state index in [4.69, 9.17) is 5.84 Å². The fourth-order valence-electron chi connectivity index (χ4n) is 1.29. The summed E-state index contributed by atoms with van der Waals surface area (Å²) in [6.45, 7) is 1.55. The largest absolute Gasteiger partial charge is 0.304 e. The van der Waals surface area contributed by atoms with Crippen molar-refractivity contribution >= 4 is 15.7 Å². The smallest absolute Gasteiger partial charge is 0.287 e. The van der Waals surface area contributed by atoms with Crippen molar-refractivity contribution in [3.63, 3.8) is 0 Å². The molecule has 0 aliphatic heterocycles. The Bertz CT molecular complexity index is 526. The summed E-state index contributed by atoms with van der Waals surface area (Å²) in [4.78, 5) is 13.0. The van der Waals surface area contributed by atoms with Gasteiger partial charge in [0.1, 0.15) is 9.84 Å². The number of carbonyl (C=O) groups is 1. The van der Waals surface area contributed by atoms with Crippen molar-refractivity contribution in [2.45, 2.75) is 6.54 Å². The summed E-state index contributed by atoms with van der Waals surface area (Å²) < 4.78 is 23.5. The van der Waals surface area contributed by atoms with Gasteiger partial charge >= 0.3 is 0 Å². The molecule has 0 saturated heterocycles. The molecule has 0 spiro atoms. The number of hydrogen-bond donors (Lipinski definition) is 2. The fraction of sp³-hybridized carbons (Fsp3) is 0.667. The lowest BCUT2D eigenvalue weighted by molar-refractivity contribution is 0.0948. The maximum atomic E-state index is 11.1. The molecule has 19 heavy (non-hydrogen) atoms. The van der Waals surface area contributed by atoms with E-state index in [1.165, 1.54) is 17.1 Å². The van der Waals surface area contributed by atoms with E-state index in [9.17, 15) is 13.2 Å². The van der Waals surface area contributed by atoms with Crippen LogP contribution < -0.4 is 11.3 Å². The van der Waals surface area contributed by atoms with Gasteiger partial charge in [0.25, 0.3) is 5.91 Å². The van der Waals surface area contributed by atoms with Crippen LogP contribution in [0.1, 0.15) is 10.5 Å². The van der Waals surface area contributed by atoms with Gasteiger partial charge in [0, 0.05) is 19.3 Å². The van der Waals surface area contributed by atoms with Gasteiger partial charge in [-0.25, -0.2) is 14.3 Å². The second-order valence-corrected chi connectivity index (χ2v) is 6.53. The topological polar surface area (TPSA) is 123 Å². The van der Waals surface area contributed by atoms with Crippen LogP contribution in [0.25, 0.3) is 0 Å². The summed E-state index contributed by atoms with van der Waals surface area (Å²) in [6.07, 6.45) is 2.68. The van der Waals surface area contributed by atoms with E-state index in [0.717, 1.165) is 0 Å². The molecule has 1 aromatic rings. The van der Waals surface area contributed by atoms with Crippen molar-refractivity contribution in [3.8, 4) is 0 Å². The number of hydrogen-bond acceptors (Lipinski definition) is 7. The van der Waals surface area contributed by atoms with Gasteiger partial charge < -0.3 is 4.90 Å². The lowest BCUT2D eigenvalue weighted by atomic mass is 10.4. The van der Waals surface area contributed by atoms with Crippen LogP contribution in [0.15, 0.2) is 6.20 Å². The molecule has 0 aliphatic carbocycles. The van der Waals surface area contributed by atoms with E-state index in [1.807, 2.05) is 17.4 Å². The van der Waals surface area contributed by atoms with Gasteiger partial charge in [-0.1, -0.05) is 5.21 Å². The third-order valence-electron chi connectivity index (χ3n) is 2.46. The number of hydrazine groups is 1. The number of rotatable bonds is 7. The average molecular weight is 290 g/mol. The summed E-state index contributed by atoms with van der Waals surface area (Å²) in [5.74, 6) is 4.58. The van der Waals surface area contributed by atoms with Crippen molar-refractivity contribution < 1.29 is 13.2 Å². The van der Waals surface area contributed by atoms with Crippen LogP contribution in [0.4, 0.5) is 0 Å². The Hall–Kier alpha value is -1.52. The average Bonchev–Trinajstić information content (AvgIpc) is 2.80. The molecule has 108 valence electrons. The first-order valence-corrected chi connectivity index (χ1v) is 7.65. The van der Waals surface area contributed by atoms with Crippen LogP contribution in [0.3, 0.4) is 0 Å². The summed E-state index contributed by atoms with van der Waals surface area (Å²) in [6, 6.07) is 0. The Morgan fingerprint density at radius 1 is 1.53 bits per heavy atom. The number of likely N-dealkylation sites (N-methyl/N-ethyl adjacent to an activating group) is 1. The molecular weight excluding hydrogens is 272 g/mol. The Kier molecular flexibility index (Phi) is 5.39. The van der Waals surface area contributed by atoms with Gasteiger partial charge in [0.05, 0.1) is 18.5 Å². The number of nitrogens with zero attached hydrogens (tertiary/aromatic N) is 4. The van der Waals surface area contributed by atoms with Gasteiger partial charge in [0.2, 0.25) is 0 Å². The van der Waals surface area contributed by atoms with Crippen molar-refractivity contribution in [1.29, 1.82) is 0 Å². The number of sulfone groups is 1. The van der Waals surface area contributed by atoms with Crippen LogP contribution in [-0.4, -0.2) is 66.4 Å². The Morgan fingerprint density at radius 2 is 2.21 bits per heavy atom. The van der Waals surface area contributed by atoms with Gasteiger partial charge in [-0.3, -0.25) is 14.9 Å². The minimum Gasteiger partial charge on any atom is -0.304 e. The van der Waals surface area contributed by atoms with E-state index in [-0.39, 0.29) is 11.4 Å². The van der Waals surface area contributed by atoms with E-state index in [0.29, 0.717) is 19.6 Å². The number of nitrogens with one attached hydrogen (secondary N) is 1. The molecule has 1 heterocycles. The SMILES string of the molecule is CN(CCn1cc(C(=O)NN)nn1)CCS(C)(=O)=O. The van der Waals surface area contributed by atoms with Crippen LogP contribution in [-0.2, 0) is 16.4 Å². The molecule has 0 aromatic carbocycles. The summed E-state index contributed by atoms with van der Waals surface area (Å²) in [5.41, 5.74) is 2.10. The van der Waals surface area contributed by atoms with E-state index < -0.39 is 15.7 Å². The summed E-state index contributed by atoms with van der Waals surface area (Å²) >= 11 is 0. The molecule has 1 amide bonds. The van der Waals surface area contributed by atoms with Crippen molar-refractivity contribution in [2.75, 3.05) is 32.1 Å². The van der Waals surface area contributed by atoms with Gasteiger partial charge in [-0.05, 0) is 7.05 Å². The molecule has 1 aromatic heterocycles. The highest BCUT2D eigenvalue weighted by Crippen LogP contribution is 1.94. The fourth-order valence-corrected chi connectivity index (χ4v) is 1.94. The maximum absolute atomic E-state index is 11.1. The Labute approximate surface area is 111 Å². The van der Waals surface area contributed by atoms with Gasteiger partial charge in [0.15, 0.2) is 5.69 Å². The quantitative estimate of drug-likeness (QED) is 0.333. The highest BCUT2D eigenvalue weighted by atomic mass is 32.2. The van der Waals surface area contributed by atoms with Crippen LogP contribution >= 0.6 is 0 Å². The predicted octanol–water partition coefficient (Wildman–Crippen LogP) is -2.14. The first-order valence-electron chi connectivity index (χ1n) is 5.59. The third kappa shape index (κ3) is 5.77. The van der Waals surface area contributed by atoms with Crippen molar-refractivity contribution in [1.82, 2.24) is 25.3 Å². The molecule has 0 unspecified atom stereocenters. The molecule has 0 aliphatic rings. The third-order valence-corrected chi connectivity index (χ3v) is 3.38. The lowest BCUT2D eigenvalue weighted by Crippen LogP contribution is -2.30. The minimum absolute atomic E-state index is 0.113. The van der Waals surface area contributed by atoms with E-state index >= 15 is 0 Å². The molecule has 0 fully saturated rings. The summed E-state index contributed by atoms with van der Waals surface area (Å²) in [7, 11) is -1.14. The van der Waals surface area contributed by atoms with Crippen LogP contribution in [0.2, 0.25) is 0 Å². The zero-order valence-electron chi connectivity index (χ0n) is 10.9. The molecule has 9 nitrogen and oxygen atoms in total. The molecule has 0 atom stereocenters. The predicted molar refractivity (Wildman–Crippen MR) is 68.9 cm³/mol. The number of nitrogen functional groups attached to an aromatic ring is 1. The van der Waals surface area contributed by atoms with Crippen molar-refractivity contribution in [2.24, 2.45) is 5.84 Å².